The van der Waals surface area contributed by atoms with Gasteiger partial charge in [0.2, 0.25) is 0 Å². The molecule has 0 fully saturated rings. The van der Waals surface area contributed by atoms with E-state index >= 15 is 0 Å². The number of rotatable bonds is 3. The fourth-order valence-corrected chi connectivity index (χ4v) is 1.79. The number of nitrogens with two attached hydrogens (primary N) is 1. The minimum atomic E-state index is -0.918. The molecule has 88 valence electrons. The third-order valence-electron chi connectivity index (χ3n) is 2.78. The Kier molecular flexibility index (Phi) is 3.42. The normalized spacial score (nSPS) is 14.2. The molecule has 2 atom stereocenters. The van der Waals surface area contributed by atoms with Gasteiger partial charge in [-0.05, 0) is 11.6 Å². The number of aromatic hydroxyl groups is 1. The second-order valence-electron chi connectivity index (χ2n) is 3.94. The standard InChI is InChI=1S/C14H15NO2/c15-13(10-6-2-1-3-7-10)14(17)11-8-4-5-9-12(11)16/h1-9,13-14,16-17H,15H2. The first-order valence-corrected chi connectivity index (χ1v) is 5.46. The van der Waals surface area contributed by atoms with Gasteiger partial charge in [-0.3, -0.25) is 0 Å². The maximum absolute atomic E-state index is 10.1. The van der Waals surface area contributed by atoms with E-state index in [1.54, 1.807) is 18.2 Å². The molecule has 0 aliphatic rings. The van der Waals surface area contributed by atoms with E-state index in [4.69, 9.17) is 5.73 Å². The van der Waals surface area contributed by atoms with Crippen LogP contribution in [0.15, 0.2) is 54.6 Å². The summed E-state index contributed by atoms with van der Waals surface area (Å²) in [5, 5.41) is 19.8. The van der Waals surface area contributed by atoms with E-state index in [-0.39, 0.29) is 5.75 Å². The highest BCUT2D eigenvalue weighted by molar-refractivity contribution is 5.36. The molecule has 3 heteroatoms. The first kappa shape index (κ1) is 11.6. The van der Waals surface area contributed by atoms with Crippen LogP contribution in [0.4, 0.5) is 0 Å². The van der Waals surface area contributed by atoms with Gasteiger partial charge in [0.25, 0.3) is 0 Å². The average molecular weight is 229 g/mol. The highest BCUT2D eigenvalue weighted by Gasteiger charge is 2.20. The lowest BCUT2D eigenvalue weighted by Crippen LogP contribution is -2.19. The minimum Gasteiger partial charge on any atom is -0.508 e. The van der Waals surface area contributed by atoms with Crippen LogP contribution in [0.5, 0.6) is 5.75 Å². The van der Waals surface area contributed by atoms with Crippen molar-refractivity contribution in [3.05, 3.63) is 65.7 Å². The molecule has 2 unspecified atom stereocenters. The first-order chi connectivity index (χ1) is 8.20. The zero-order valence-electron chi connectivity index (χ0n) is 9.32. The number of phenols is 1. The molecule has 0 saturated heterocycles. The number of aliphatic hydroxyl groups is 1. The molecule has 0 amide bonds. The van der Waals surface area contributed by atoms with Crippen molar-refractivity contribution in [2.45, 2.75) is 12.1 Å². The van der Waals surface area contributed by atoms with Crippen molar-refractivity contribution in [2.24, 2.45) is 5.73 Å². The van der Waals surface area contributed by atoms with Gasteiger partial charge in [-0.25, -0.2) is 0 Å². The van der Waals surface area contributed by atoms with Gasteiger partial charge in [0, 0.05) is 5.56 Å². The highest BCUT2D eigenvalue weighted by Crippen LogP contribution is 2.31. The summed E-state index contributed by atoms with van der Waals surface area (Å²) in [5.41, 5.74) is 7.26. The van der Waals surface area contributed by atoms with Gasteiger partial charge in [0.1, 0.15) is 11.9 Å². The summed E-state index contributed by atoms with van der Waals surface area (Å²) in [6.07, 6.45) is -0.918. The van der Waals surface area contributed by atoms with Crippen LogP contribution in [0.1, 0.15) is 23.3 Å². The number of hydrogen-bond acceptors (Lipinski definition) is 3. The number of hydrogen-bond donors (Lipinski definition) is 3. The molecule has 0 heterocycles. The van der Waals surface area contributed by atoms with Crippen molar-refractivity contribution in [2.75, 3.05) is 0 Å². The predicted molar refractivity (Wildman–Crippen MR) is 66.4 cm³/mol. The predicted octanol–water partition coefficient (Wildman–Crippen LogP) is 2.13. The smallest absolute Gasteiger partial charge is 0.121 e. The zero-order valence-corrected chi connectivity index (χ0v) is 9.32. The van der Waals surface area contributed by atoms with Gasteiger partial charge < -0.3 is 15.9 Å². The Hall–Kier alpha value is -1.84. The molecule has 0 bridgehead atoms. The summed E-state index contributed by atoms with van der Waals surface area (Å²) in [6.45, 7) is 0. The Labute approximate surface area is 100 Å². The lowest BCUT2D eigenvalue weighted by molar-refractivity contribution is 0.143. The number of benzene rings is 2. The van der Waals surface area contributed by atoms with Crippen molar-refractivity contribution in [3.63, 3.8) is 0 Å². The van der Waals surface area contributed by atoms with E-state index in [9.17, 15) is 10.2 Å². The highest BCUT2D eigenvalue weighted by atomic mass is 16.3. The van der Waals surface area contributed by atoms with Gasteiger partial charge in [0.15, 0.2) is 0 Å². The molecule has 3 nitrogen and oxygen atoms in total. The lowest BCUT2D eigenvalue weighted by atomic mass is 9.96. The molecule has 0 spiro atoms. The lowest BCUT2D eigenvalue weighted by Gasteiger charge is -2.20. The van der Waals surface area contributed by atoms with Crippen molar-refractivity contribution in [1.82, 2.24) is 0 Å². The Balaban J connectivity index is 2.27. The largest absolute Gasteiger partial charge is 0.508 e. The van der Waals surface area contributed by atoms with Crippen LogP contribution in [0, 0.1) is 0 Å². The fourth-order valence-electron chi connectivity index (χ4n) is 1.79. The molecule has 0 aromatic heterocycles. The van der Waals surface area contributed by atoms with Crippen LogP contribution in [0.2, 0.25) is 0 Å². The molecule has 17 heavy (non-hydrogen) atoms. The Bertz CT molecular complexity index is 485. The third kappa shape index (κ3) is 2.46. The maximum atomic E-state index is 10.1. The quantitative estimate of drug-likeness (QED) is 0.755. The van der Waals surface area contributed by atoms with Crippen molar-refractivity contribution in [3.8, 4) is 5.75 Å². The number of aliphatic hydroxyl groups excluding tert-OH is 1. The Morgan fingerprint density at radius 1 is 0.882 bits per heavy atom. The molecule has 0 radical (unpaired) electrons. The summed E-state index contributed by atoms with van der Waals surface area (Å²) in [4.78, 5) is 0. The van der Waals surface area contributed by atoms with Gasteiger partial charge in [0.05, 0.1) is 6.04 Å². The summed E-state index contributed by atoms with van der Waals surface area (Å²) >= 11 is 0. The van der Waals surface area contributed by atoms with Gasteiger partial charge in [-0.1, -0.05) is 48.5 Å². The topological polar surface area (TPSA) is 66.5 Å². The molecular weight excluding hydrogens is 214 g/mol. The maximum Gasteiger partial charge on any atom is 0.121 e. The monoisotopic (exact) mass is 229 g/mol. The van der Waals surface area contributed by atoms with Crippen LogP contribution in [-0.2, 0) is 0 Å². The fraction of sp³-hybridized carbons (Fsp3) is 0.143. The van der Waals surface area contributed by atoms with Gasteiger partial charge in [-0.2, -0.15) is 0 Å². The number of phenolic OH excluding ortho intramolecular Hbond substituents is 1. The van der Waals surface area contributed by atoms with Gasteiger partial charge in [-0.15, -0.1) is 0 Å². The molecule has 2 aromatic rings. The third-order valence-corrected chi connectivity index (χ3v) is 2.78. The Morgan fingerprint density at radius 2 is 1.47 bits per heavy atom. The van der Waals surface area contributed by atoms with E-state index in [0.29, 0.717) is 5.56 Å². The van der Waals surface area contributed by atoms with Gasteiger partial charge >= 0.3 is 0 Å². The van der Waals surface area contributed by atoms with Crippen LogP contribution >= 0.6 is 0 Å². The van der Waals surface area contributed by atoms with Crippen LogP contribution < -0.4 is 5.73 Å². The van der Waals surface area contributed by atoms with Crippen LogP contribution in [0.25, 0.3) is 0 Å². The molecule has 0 saturated carbocycles. The Morgan fingerprint density at radius 3 is 2.12 bits per heavy atom. The summed E-state index contributed by atoms with van der Waals surface area (Å²) in [5.74, 6) is 0.0615. The van der Waals surface area contributed by atoms with Crippen molar-refractivity contribution < 1.29 is 10.2 Å². The second-order valence-corrected chi connectivity index (χ2v) is 3.94. The summed E-state index contributed by atoms with van der Waals surface area (Å²) in [6, 6.07) is 15.5. The summed E-state index contributed by atoms with van der Waals surface area (Å²) < 4.78 is 0. The average Bonchev–Trinajstić information content (AvgIpc) is 2.39. The zero-order chi connectivity index (χ0) is 12.3. The molecule has 4 N–H and O–H groups in total. The van der Waals surface area contributed by atoms with E-state index in [2.05, 4.69) is 0 Å². The SMILES string of the molecule is NC(c1ccccc1)C(O)c1ccccc1O. The van der Waals surface area contributed by atoms with E-state index in [1.165, 1.54) is 6.07 Å². The minimum absolute atomic E-state index is 0.0615. The van der Waals surface area contributed by atoms with Crippen LogP contribution in [0.3, 0.4) is 0 Å². The molecule has 2 rings (SSSR count). The molecular formula is C14H15NO2. The first-order valence-electron chi connectivity index (χ1n) is 5.46. The van der Waals surface area contributed by atoms with Crippen molar-refractivity contribution >= 4 is 0 Å². The molecule has 0 aliphatic carbocycles. The van der Waals surface area contributed by atoms with E-state index in [0.717, 1.165) is 5.56 Å². The van der Waals surface area contributed by atoms with Crippen LogP contribution in [-0.4, -0.2) is 10.2 Å². The van der Waals surface area contributed by atoms with E-state index in [1.807, 2.05) is 30.3 Å². The van der Waals surface area contributed by atoms with Crippen molar-refractivity contribution in [1.29, 1.82) is 0 Å². The second kappa shape index (κ2) is 4.99. The number of para-hydroxylation sites is 1. The molecule has 0 aliphatic heterocycles. The van der Waals surface area contributed by atoms with E-state index < -0.39 is 12.1 Å². The summed E-state index contributed by atoms with van der Waals surface area (Å²) in [7, 11) is 0. The molecule has 2 aromatic carbocycles.